The van der Waals surface area contributed by atoms with Crippen LogP contribution < -0.4 is 27.8 Å². The predicted octanol–water partition coefficient (Wildman–Crippen LogP) is 1.66. The zero-order valence-corrected chi connectivity index (χ0v) is 23.8. The van der Waals surface area contributed by atoms with Gasteiger partial charge in [-0.15, -0.1) is 11.3 Å². The standard InChI is InChI=1S/C28H36ClN7O3S/c29-21-8-4-7-20(15-21)28-34-22(18-40-28)17-33-27(39)24(10-9-19-5-2-1-3-6-19)35-26(38)23(32)16-25(37)36(13-11-30)14-12-31/h1-8,15,18,23-24H,9-14,16-17,30-32H2,(H,33,39)(H,35,38). The molecule has 0 saturated carbocycles. The van der Waals surface area contributed by atoms with E-state index < -0.39 is 18.0 Å². The van der Waals surface area contributed by atoms with E-state index in [9.17, 15) is 14.4 Å². The Morgan fingerprint density at radius 1 is 1.00 bits per heavy atom. The predicted molar refractivity (Wildman–Crippen MR) is 158 cm³/mol. The highest BCUT2D eigenvalue weighted by Crippen LogP contribution is 2.26. The first-order valence-electron chi connectivity index (χ1n) is 13.1. The first kappa shape index (κ1) is 31.2. The third-order valence-corrected chi connectivity index (χ3v) is 7.32. The summed E-state index contributed by atoms with van der Waals surface area (Å²) < 4.78 is 0. The molecule has 1 aromatic heterocycles. The van der Waals surface area contributed by atoms with Crippen molar-refractivity contribution in [2.45, 2.75) is 37.9 Å². The van der Waals surface area contributed by atoms with Gasteiger partial charge in [0.15, 0.2) is 0 Å². The number of hydrogen-bond donors (Lipinski definition) is 5. The number of thiazole rings is 1. The van der Waals surface area contributed by atoms with E-state index in [4.69, 9.17) is 28.8 Å². The topological polar surface area (TPSA) is 169 Å². The van der Waals surface area contributed by atoms with Crippen LogP contribution in [0.2, 0.25) is 5.02 Å². The minimum absolute atomic E-state index is 0.186. The zero-order chi connectivity index (χ0) is 28.9. The SMILES string of the molecule is NCCN(CCN)C(=O)CC(N)C(=O)NC(CCc1ccccc1)C(=O)NCc1csc(-c2cccc(Cl)c2)n1. The van der Waals surface area contributed by atoms with Gasteiger partial charge < -0.3 is 32.7 Å². The summed E-state index contributed by atoms with van der Waals surface area (Å²) in [5.41, 5.74) is 19.8. The van der Waals surface area contributed by atoms with Crippen molar-refractivity contribution < 1.29 is 14.4 Å². The highest BCUT2D eigenvalue weighted by Gasteiger charge is 2.26. The monoisotopic (exact) mass is 585 g/mol. The van der Waals surface area contributed by atoms with Crippen LogP contribution in [-0.4, -0.2) is 65.9 Å². The molecule has 0 spiro atoms. The number of nitrogens with two attached hydrogens (primary N) is 3. The molecule has 0 fully saturated rings. The number of aromatic nitrogens is 1. The Morgan fingerprint density at radius 2 is 1.73 bits per heavy atom. The molecule has 40 heavy (non-hydrogen) atoms. The molecule has 0 bridgehead atoms. The number of carbonyl (C=O) groups is 3. The van der Waals surface area contributed by atoms with Gasteiger partial charge in [0.1, 0.15) is 11.0 Å². The Kier molecular flexibility index (Phi) is 12.5. The van der Waals surface area contributed by atoms with Crippen molar-refractivity contribution in [2.75, 3.05) is 26.2 Å². The van der Waals surface area contributed by atoms with Gasteiger partial charge in [-0.3, -0.25) is 14.4 Å². The van der Waals surface area contributed by atoms with Crippen LogP contribution in [0.25, 0.3) is 10.6 Å². The Balaban J connectivity index is 1.63. The minimum Gasteiger partial charge on any atom is -0.349 e. The van der Waals surface area contributed by atoms with E-state index in [1.165, 1.54) is 16.2 Å². The van der Waals surface area contributed by atoms with Crippen molar-refractivity contribution in [1.82, 2.24) is 20.5 Å². The van der Waals surface area contributed by atoms with E-state index in [1.807, 2.05) is 53.9 Å². The summed E-state index contributed by atoms with van der Waals surface area (Å²) in [6, 6.07) is 15.1. The van der Waals surface area contributed by atoms with Crippen LogP contribution in [0.15, 0.2) is 60.0 Å². The number of carbonyl (C=O) groups excluding carboxylic acids is 3. The molecule has 0 saturated heterocycles. The lowest BCUT2D eigenvalue weighted by atomic mass is 10.0. The van der Waals surface area contributed by atoms with Crippen molar-refractivity contribution in [3.8, 4) is 10.6 Å². The Hall–Kier alpha value is -3.35. The fraction of sp³-hybridized carbons (Fsp3) is 0.357. The van der Waals surface area contributed by atoms with Crippen LogP contribution in [0.4, 0.5) is 0 Å². The van der Waals surface area contributed by atoms with Crippen LogP contribution in [0.5, 0.6) is 0 Å². The van der Waals surface area contributed by atoms with Gasteiger partial charge in [0.05, 0.1) is 24.7 Å². The molecule has 3 amide bonds. The van der Waals surface area contributed by atoms with Crippen molar-refractivity contribution in [3.63, 3.8) is 0 Å². The van der Waals surface area contributed by atoms with Crippen LogP contribution in [0.3, 0.4) is 0 Å². The molecule has 12 heteroatoms. The number of benzene rings is 2. The Labute approximate surface area is 243 Å². The highest BCUT2D eigenvalue weighted by atomic mass is 35.5. The summed E-state index contributed by atoms with van der Waals surface area (Å²) in [7, 11) is 0. The average molecular weight is 586 g/mol. The van der Waals surface area contributed by atoms with Crippen LogP contribution in [0.1, 0.15) is 24.1 Å². The second kappa shape index (κ2) is 16.0. The van der Waals surface area contributed by atoms with E-state index in [2.05, 4.69) is 15.6 Å². The van der Waals surface area contributed by atoms with Crippen molar-refractivity contribution in [3.05, 3.63) is 76.3 Å². The molecule has 0 aliphatic carbocycles. The molecule has 1 heterocycles. The molecule has 0 aliphatic heterocycles. The van der Waals surface area contributed by atoms with E-state index >= 15 is 0 Å². The quantitative estimate of drug-likeness (QED) is 0.181. The van der Waals surface area contributed by atoms with Gasteiger partial charge in [-0.1, -0.05) is 54.1 Å². The van der Waals surface area contributed by atoms with Crippen molar-refractivity contribution >= 4 is 40.7 Å². The van der Waals surface area contributed by atoms with E-state index in [0.29, 0.717) is 36.6 Å². The molecular formula is C28H36ClN7O3S. The first-order chi connectivity index (χ1) is 19.3. The molecule has 8 N–H and O–H groups in total. The molecule has 3 rings (SSSR count). The largest absolute Gasteiger partial charge is 0.349 e. The number of halogens is 1. The van der Waals surface area contributed by atoms with E-state index in [1.54, 1.807) is 6.07 Å². The number of hydrogen-bond acceptors (Lipinski definition) is 8. The second-order valence-corrected chi connectivity index (χ2v) is 10.5. The van der Waals surface area contributed by atoms with Gasteiger partial charge in [0.25, 0.3) is 0 Å². The third-order valence-electron chi connectivity index (χ3n) is 6.15. The molecular weight excluding hydrogens is 550 g/mol. The number of nitrogens with one attached hydrogen (secondary N) is 2. The average Bonchev–Trinajstić information content (AvgIpc) is 3.43. The van der Waals surface area contributed by atoms with Gasteiger partial charge in [-0.25, -0.2) is 4.98 Å². The van der Waals surface area contributed by atoms with Crippen LogP contribution in [0, 0.1) is 0 Å². The van der Waals surface area contributed by atoms with Gasteiger partial charge in [-0.05, 0) is 30.5 Å². The third kappa shape index (κ3) is 9.68. The maximum Gasteiger partial charge on any atom is 0.242 e. The lowest BCUT2D eigenvalue weighted by molar-refractivity contribution is -0.135. The lowest BCUT2D eigenvalue weighted by Crippen LogP contribution is -2.53. The highest BCUT2D eigenvalue weighted by molar-refractivity contribution is 7.13. The maximum absolute atomic E-state index is 13.2. The molecule has 2 unspecified atom stereocenters. The van der Waals surface area contributed by atoms with Gasteiger partial charge >= 0.3 is 0 Å². The van der Waals surface area contributed by atoms with Crippen molar-refractivity contribution in [1.29, 1.82) is 0 Å². The molecule has 3 aromatic rings. The molecule has 214 valence electrons. The second-order valence-electron chi connectivity index (χ2n) is 9.23. The first-order valence-corrected chi connectivity index (χ1v) is 14.3. The molecule has 10 nitrogen and oxygen atoms in total. The van der Waals surface area contributed by atoms with Gasteiger partial charge in [-0.2, -0.15) is 0 Å². The van der Waals surface area contributed by atoms with E-state index in [0.717, 1.165) is 16.1 Å². The van der Waals surface area contributed by atoms with Crippen LogP contribution in [-0.2, 0) is 27.3 Å². The number of aryl methyl sites for hydroxylation is 1. The Morgan fingerprint density at radius 3 is 2.40 bits per heavy atom. The van der Waals surface area contributed by atoms with Gasteiger partial charge in [0.2, 0.25) is 17.7 Å². The fourth-order valence-corrected chi connectivity index (χ4v) is 5.04. The minimum atomic E-state index is -1.13. The van der Waals surface area contributed by atoms with Crippen LogP contribution >= 0.6 is 22.9 Å². The fourth-order valence-electron chi connectivity index (χ4n) is 4.03. The summed E-state index contributed by atoms with van der Waals surface area (Å²) >= 11 is 7.54. The molecule has 0 aliphatic rings. The smallest absolute Gasteiger partial charge is 0.242 e. The number of amides is 3. The molecule has 0 radical (unpaired) electrons. The summed E-state index contributed by atoms with van der Waals surface area (Å²) in [4.78, 5) is 44.8. The number of nitrogens with zero attached hydrogens (tertiary/aromatic N) is 2. The normalized spacial score (nSPS) is 12.4. The lowest BCUT2D eigenvalue weighted by Gasteiger charge is -2.24. The number of rotatable bonds is 15. The zero-order valence-electron chi connectivity index (χ0n) is 22.2. The summed E-state index contributed by atoms with van der Waals surface area (Å²) in [6.07, 6.45) is 0.688. The molecule has 2 atom stereocenters. The van der Waals surface area contributed by atoms with E-state index in [-0.39, 0.29) is 37.9 Å². The van der Waals surface area contributed by atoms with Gasteiger partial charge in [0, 0.05) is 42.1 Å². The summed E-state index contributed by atoms with van der Waals surface area (Å²) in [5, 5.41) is 8.88. The molecule has 2 aromatic carbocycles. The van der Waals surface area contributed by atoms with Crippen molar-refractivity contribution in [2.24, 2.45) is 17.2 Å². The maximum atomic E-state index is 13.2. The summed E-state index contributed by atoms with van der Waals surface area (Å²) in [5.74, 6) is -1.27. The summed E-state index contributed by atoms with van der Waals surface area (Å²) in [6.45, 7) is 1.37. The Bertz CT molecular complexity index is 1250.